The first-order valence-electron chi connectivity index (χ1n) is 18.5. The Morgan fingerprint density at radius 3 is 2.60 bits per heavy atom. The number of hydrogen-bond donors (Lipinski definition) is 3. The van der Waals surface area contributed by atoms with Gasteiger partial charge in [-0.25, -0.2) is 18.2 Å². The van der Waals surface area contributed by atoms with Crippen LogP contribution in [0.4, 0.5) is 4.79 Å². The molecular formula is C38H45N5O8S. The summed E-state index contributed by atoms with van der Waals surface area (Å²) >= 11 is 0. The number of fused-ring (bicyclic) bond motifs is 3. The van der Waals surface area contributed by atoms with E-state index in [0.717, 1.165) is 61.3 Å². The van der Waals surface area contributed by atoms with E-state index in [4.69, 9.17) is 9.47 Å². The fourth-order valence-corrected chi connectivity index (χ4v) is 9.54. The van der Waals surface area contributed by atoms with Gasteiger partial charge >= 0.3 is 6.09 Å². The maximum absolute atomic E-state index is 14.6. The number of carbonyl (C=O) groups excluding carboxylic acids is 4. The molecule has 4 amide bonds. The van der Waals surface area contributed by atoms with Gasteiger partial charge in [0.1, 0.15) is 23.7 Å². The number of sulfonamides is 1. The van der Waals surface area contributed by atoms with Crippen LogP contribution in [0.5, 0.6) is 5.88 Å². The Labute approximate surface area is 303 Å². The zero-order chi connectivity index (χ0) is 36.3. The van der Waals surface area contributed by atoms with Gasteiger partial charge in [-0.2, -0.15) is 0 Å². The van der Waals surface area contributed by atoms with Crippen LogP contribution in [0, 0.1) is 17.3 Å². The summed E-state index contributed by atoms with van der Waals surface area (Å²) in [5.41, 5.74) is -0.710. The van der Waals surface area contributed by atoms with Gasteiger partial charge in [0.15, 0.2) is 0 Å². The van der Waals surface area contributed by atoms with Crippen molar-refractivity contribution in [2.75, 3.05) is 13.2 Å². The number of ether oxygens (including phenoxy) is 2. The summed E-state index contributed by atoms with van der Waals surface area (Å²) in [6.07, 6.45) is 13.1. The summed E-state index contributed by atoms with van der Waals surface area (Å²) in [7, 11) is -3.88. The van der Waals surface area contributed by atoms with Crippen LogP contribution in [0.15, 0.2) is 49.2 Å². The fourth-order valence-electron chi connectivity index (χ4n) is 8.18. The van der Waals surface area contributed by atoms with Gasteiger partial charge in [-0.3, -0.25) is 19.1 Å². The van der Waals surface area contributed by atoms with Gasteiger partial charge in [-0.1, -0.05) is 43.2 Å². The number of alkyl carbamates (subject to hydrolysis) is 1. The molecule has 1 spiro atoms. The lowest BCUT2D eigenvalue weighted by molar-refractivity contribution is -0.142. The van der Waals surface area contributed by atoms with E-state index in [-0.39, 0.29) is 37.3 Å². The monoisotopic (exact) mass is 731 g/mol. The van der Waals surface area contributed by atoms with E-state index in [2.05, 4.69) is 33.0 Å². The van der Waals surface area contributed by atoms with E-state index in [0.29, 0.717) is 18.7 Å². The Balaban J connectivity index is 1.12. The molecule has 4 bridgehead atoms. The van der Waals surface area contributed by atoms with E-state index in [1.165, 1.54) is 11.0 Å². The highest BCUT2D eigenvalue weighted by Crippen LogP contribution is 2.49. The van der Waals surface area contributed by atoms with E-state index >= 15 is 0 Å². The highest BCUT2D eigenvalue weighted by atomic mass is 32.2. The maximum atomic E-state index is 14.6. The third-order valence-corrected chi connectivity index (χ3v) is 13.7. The van der Waals surface area contributed by atoms with Crippen molar-refractivity contribution in [3.8, 4) is 5.88 Å². The molecule has 3 heterocycles. The normalized spacial score (nSPS) is 30.8. The molecule has 1 aromatic carbocycles. The molecule has 1 saturated heterocycles. The van der Waals surface area contributed by atoms with Gasteiger partial charge < -0.3 is 25.0 Å². The van der Waals surface area contributed by atoms with Gasteiger partial charge in [0.25, 0.3) is 5.91 Å². The molecule has 2 aromatic rings. The standard InChI is InChI=1S/C38H45N5O8S/c1-2-26-20-38(26,35(46)42-52(48,49)28-11-12-28)41-32(44)30-19-27-21-43(30)34(45)31(25-7-3-4-8-25)40-36(47)50-22-37(15-16-37)14-5-6-23-9-10-24-13-17-39-33(51-27)29(24)18-23/h2,5-6,9-10,13,17-18,25-28,30-31H,1,3-4,7-8,11-12,14-16,19-22H2,(H,40,47)(H,41,44)(H,42,46)/b6-5+/t26?,27-,30+,31+,38-/m1/s1. The van der Waals surface area contributed by atoms with Gasteiger partial charge in [0.05, 0.1) is 18.4 Å². The molecule has 2 aliphatic heterocycles. The van der Waals surface area contributed by atoms with Crippen LogP contribution in [-0.4, -0.2) is 84.2 Å². The number of amides is 4. The van der Waals surface area contributed by atoms with Crippen LogP contribution in [0.1, 0.15) is 76.2 Å². The summed E-state index contributed by atoms with van der Waals surface area (Å²) in [6.45, 7) is 4.05. The second-order valence-corrected chi connectivity index (χ2v) is 17.6. The van der Waals surface area contributed by atoms with E-state index in [9.17, 15) is 27.6 Å². The van der Waals surface area contributed by atoms with Crippen LogP contribution < -0.4 is 20.1 Å². The van der Waals surface area contributed by atoms with Gasteiger partial charge in [-0.15, -0.1) is 6.58 Å². The molecule has 13 nitrogen and oxygen atoms in total. The molecule has 276 valence electrons. The van der Waals surface area contributed by atoms with Crippen LogP contribution in [0.25, 0.3) is 16.8 Å². The average molecular weight is 732 g/mol. The molecule has 5 atom stereocenters. The van der Waals surface area contributed by atoms with Crippen molar-refractivity contribution in [1.29, 1.82) is 0 Å². The molecule has 1 aromatic heterocycles. The minimum atomic E-state index is -3.88. The number of aromatic nitrogens is 1. The number of allylic oxidation sites excluding steroid dienone is 1. The molecule has 1 unspecified atom stereocenters. The van der Waals surface area contributed by atoms with Gasteiger partial charge in [-0.05, 0) is 80.4 Å². The quantitative estimate of drug-likeness (QED) is 0.359. The summed E-state index contributed by atoms with van der Waals surface area (Å²) in [6, 6.07) is 5.89. The lowest BCUT2D eigenvalue weighted by Gasteiger charge is -2.32. The summed E-state index contributed by atoms with van der Waals surface area (Å²) in [5, 5.41) is 6.80. The Kier molecular flexibility index (Phi) is 8.78. The molecule has 8 rings (SSSR count). The van der Waals surface area contributed by atoms with Crippen molar-refractivity contribution in [2.24, 2.45) is 17.3 Å². The molecule has 52 heavy (non-hydrogen) atoms. The highest BCUT2D eigenvalue weighted by Gasteiger charge is 2.62. The fraction of sp³-hybridized carbons (Fsp3) is 0.553. The van der Waals surface area contributed by atoms with Crippen molar-refractivity contribution in [1.82, 2.24) is 25.2 Å². The smallest absolute Gasteiger partial charge is 0.407 e. The van der Waals surface area contributed by atoms with Crippen molar-refractivity contribution < 1.29 is 37.1 Å². The largest absolute Gasteiger partial charge is 0.472 e. The number of rotatable bonds is 7. The zero-order valence-electron chi connectivity index (χ0n) is 29.1. The predicted octanol–water partition coefficient (Wildman–Crippen LogP) is 3.73. The van der Waals surface area contributed by atoms with Crippen LogP contribution in [0.3, 0.4) is 0 Å². The first-order chi connectivity index (χ1) is 25.0. The van der Waals surface area contributed by atoms with E-state index < -0.39 is 68.7 Å². The Bertz CT molecular complexity index is 1950. The molecule has 5 fully saturated rings. The van der Waals surface area contributed by atoms with Gasteiger partial charge in [0, 0.05) is 29.3 Å². The minimum absolute atomic E-state index is 0.0256. The number of benzene rings is 1. The summed E-state index contributed by atoms with van der Waals surface area (Å²) in [5.74, 6) is -2.13. The van der Waals surface area contributed by atoms with Crippen molar-refractivity contribution in [3.63, 3.8) is 0 Å². The van der Waals surface area contributed by atoms with Crippen LogP contribution in [0.2, 0.25) is 0 Å². The number of hydrogen-bond acceptors (Lipinski definition) is 9. The Hall–Kier alpha value is -4.46. The Morgan fingerprint density at radius 2 is 1.88 bits per heavy atom. The van der Waals surface area contributed by atoms with Crippen LogP contribution in [-0.2, 0) is 29.1 Å². The molecule has 4 saturated carbocycles. The summed E-state index contributed by atoms with van der Waals surface area (Å²) < 4.78 is 39.9. The number of nitrogens with one attached hydrogen (secondary N) is 3. The van der Waals surface area contributed by atoms with Crippen molar-refractivity contribution in [3.05, 3.63) is 54.8 Å². The van der Waals surface area contributed by atoms with Crippen LogP contribution >= 0.6 is 0 Å². The molecule has 3 N–H and O–H groups in total. The van der Waals surface area contributed by atoms with Crippen molar-refractivity contribution in [2.45, 2.75) is 99.6 Å². The molecule has 6 aliphatic rings. The van der Waals surface area contributed by atoms with E-state index in [1.807, 2.05) is 30.3 Å². The number of pyridine rings is 1. The minimum Gasteiger partial charge on any atom is -0.472 e. The zero-order valence-corrected chi connectivity index (χ0v) is 29.9. The number of carbonyl (C=O) groups is 4. The average Bonchev–Trinajstić information content (AvgIpc) is 4.09. The van der Waals surface area contributed by atoms with Gasteiger partial charge in [0.2, 0.25) is 27.7 Å². The predicted molar refractivity (Wildman–Crippen MR) is 191 cm³/mol. The number of cyclic esters (lactones) is 1. The molecular weight excluding hydrogens is 687 g/mol. The first kappa shape index (κ1) is 34.6. The second-order valence-electron chi connectivity index (χ2n) is 15.6. The topological polar surface area (TPSA) is 173 Å². The SMILES string of the molecule is C=CC1C[C@]1(NC(=O)[C@@H]1C[C@@H]2CN1C(=O)[C@H](C1CCCC1)NC(=O)OCC1(C/C=C/c3ccc4ccnc(c4c3)O2)CC1)C(=O)NS(=O)(=O)C1CC1. The second kappa shape index (κ2) is 13.2. The maximum Gasteiger partial charge on any atom is 0.407 e. The van der Waals surface area contributed by atoms with E-state index in [1.54, 1.807) is 6.20 Å². The molecule has 14 heteroatoms. The Morgan fingerprint density at radius 1 is 1.10 bits per heavy atom. The third-order valence-electron chi connectivity index (χ3n) is 11.9. The lowest BCUT2D eigenvalue weighted by Crippen LogP contribution is -2.59. The van der Waals surface area contributed by atoms with Crippen molar-refractivity contribution >= 4 is 50.7 Å². The lowest BCUT2D eigenvalue weighted by atomic mass is 9.96. The first-order valence-corrected chi connectivity index (χ1v) is 20.0. The number of nitrogens with zero attached hydrogens (tertiary/aromatic N) is 2. The third kappa shape index (κ3) is 6.77. The molecule has 0 radical (unpaired) electrons. The summed E-state index contributed by atoms with van der Waals surface area (Å²) in [4.78, 5) is 61.8. The highest BCUT2D eigenvalue weighted by molar-refractivity contribution is 7.91. The molecule has 4 aliphatic carbocycles.